The molecular weight excluding hydrogens is 669 g/mol. The highest BCUT2D eigenvalue weighted by Gasteiger charge is 2.45. The zero-order valence-corrected chi connectivity index (χ0v) is 28.3. The molecule has 4 unspecified atom stereocenters. The van der Waals surface area contributed by atoms with Crippen LogP contribution in [0.4, 0.5) is 4.79 Å². The maximum absolute atomic E-state index is 14.3. The summed E-state index contributed by atoms with van der Waals surface area (Å²) in [6.45, 7) is 3.33. The van der Waals surface area contributed by atoms with Crippen molar-refractivity contribution in [1.82, 2.24) is 9.62 Å². The van der Waals surface area contributed by atoms with E-state index in [2.05, 4.69) is 11.4 Å². The van der Waals surface area contributed by atoms with Crippen LogP contribution in [-0.2, 0) is 39.7 Å². The number of nitrogens with zero attached hydrogens (tertiary/aromatic N) is 2. The predicted octanol–water partition coefficient (Wildman–Crippen LogP) is 3.31. The molecule has 48 heavy (non-hydrogen) atoms. The molecule has 2 aromatic carbocycles. The third-order valence-electron chi connectivity index (χ3n) is 8.45. The van der Waals surface area contributed by atoms with Gasteiger partial charge in [0.2, 0.25) is 16.8 Å². The van der Waals surface area contributed by atoms with Gasteiger partial charge in [-0.2, -0.15) is 9.57 Å². The first-order chi connectivity index (χ1) is 22.7. The van der Waals surface area contributed by atoms with E-state index in [1.54, 1.807) is 44.2 Å². The lowest BCUT2D eigenvalue weighted by atomic mass is 9.88. The number of carbonyl (C=O) groups is 1. The van der Waals surface area contributed by atoms with Crippen molar-refractivity contribution in [1.29, 1.82) is 5.26 Å². The number of rotatable bonds is 15. The Morgan fingerprint density at radius 2 is 1.92 bits per heavy atom. The number of sulfonamides is 1. The van der Waals surface area contributed by atoms with E-state index >= 15 is 0 Å². The number of nitrogens with one attached hydrogen (secondary N) is 1. The topological polar surface area (TPSA) is 203 Å². The van der Waals surface area contributed by atoms with Gasteiger partial charge >= 0.3 is 13.9 Å². The van der Waals surface area contributed by atoms with Gasteiger partial charge in [0.25, 0.3) is 0 Å². The number of hydrogen-bond donors (Lipinski definition) is 3. The summed E-state index contributed by atoms with van der Waals surface area (Å²) in [5, 5.41) is 11.9. The average molecular weight is 710 g/mol. The number of nitriles is 1. The molecule has 3 aliphatic heterocycles. The Balaban J connectivity index is 1.48. The molecule has 15 nitrogen and oxygen atoms in total. The number of amides is 1. The van der Waals surface area contributed by atoms with Crippen molar-refractivity contribution in [3.05, 3.63) is 54.1 Å². The van der Waals surface area contributed by atoms with Crippen molar-refractivity contribution >= 4 is 23.9 Å². The molecule has 3 heterocycles. The highest BCUT2D eigenvalue weighted by molar-refractivity contribution is 7.89. The van der Waals surface area contributed by atoms with E-state index in [1.807, 2.05) is 0 Å². The summed E-state index contributed by atoms with van der Waals surface area (Å²) in [7, 11) is -9.64. The Labute approximate surface area is 279 Å². The van der Waals surface area contributed by atoms with Gasteiger partial charge in [-0.05, 0) is 42.4 Å². The van der Waals surface area contributed by atoms with Crippen LogP contribution in [0.2, 0.25) is 0 Å². The molecule has 17 heteroatoms. The second kappa shape index (κ2) is 15.1. The lowest BCUT2D eigenvalue weighted by molar-refractivity contribution is -0.0907. The van der Waals surface area contributed by atoms with Crippen molar-refractivity contribution in [3.63, 3.8) is 0 Å². The fourth-order valence-electron chi connectivity index (χ4n) is 6.01. The minimum absolute atomic E-state index is 0.00662. The molecular formula is C31H40N3O12PS. The third-order valence-corrected chi connectivity index (χ3v) is 10.8. The second-order valence-corrected chi connectivity index (χ2v) is 15.8. The number of phosphoric acid groups is 1. The lowest BCUT2D eigenvalue weighted by Gasteiger charge is -2.36. The maximum Gasteiger partial charge on any atom is 0.469 e. The fourth-order valence-corrected chi connectivity index (χ4v) is 8.23. The maximum atomic E-state index is 14.3. The van der Waals surface area contributed by atoms with Crippen molar-refractivity contribution in [3.8, 4) is 17.6 Å². The molecule has 2 saturated heterocycles. The van der Waals surface area contributed by atoms with Crippen LogP contribution < -0.4 is 14.8 Å². The minimum Gasteiger partial charge on any atom is -0.454 e. The summed E-state index contributed by atoms with van der Waals surface area (Å²) < 4.78 is 74.9. The van der Waals surface area contributed by atoms with E-state index < -0.39 is 60.4 Å². The third kappa shape index (κ3) is 9.25. The number of alkyl carbamates (subject to hydrolysis) is 1. The van der Waals surface area contributed by atoms with Gasteiger partial charge in [0.15, 0.2) is 17.8 Å². The largest absolute Gasteiger partial charge is 0.469 e. The number of fused-ring (bicyclic) bond motifs is 2. The van der Waals surface area contributed by atoms with E-state index in [1.165, 1.54) is 18.2 Å². The number of phosphoric ester groups is 1. The molecule has 3 N–H and O–H groups in total. The predicted molar refractivity (Wildman–Crippen MR) is 168 cm³/mol. The van der Waals surface area contributed by atoms with Crippen LogP contribution in [0.25, 0.3) is 0 Å². The Morgan fingerprint density at radius 1 is 1.17 bits per heavy atom. The molecule has 5 rings (SSSR count). The SMILES string of the molecule is CC(C)(CCC#N)CN(CC(OP(=O)(O)O)[C@H](Cc1ccccc1)NC(=O)OC1COC2OCCC12)S(=O)(=O)c1ccc2c(c1)OCO2. The standard InChI is InChI=1S/C31H40N3O12PS/c1-31(2,12-6-13-32)19-34(48(39,40)22-9-10-25-26(16-22)44-20-43-25)17-27(46-47(36,37)38)24(15-21-7-4-3-5-8-21)33-30(35)45-28-18-42-29-23(28)11-14-41-29/h3-5,7-10,16,23-24,27-29H,6,11-12,14-15,17-20H2,1-2H3,(H,33,35)(H2,36,37,38)/t23?,24-,27?,28?,29?/m0/s1. The molecule has 2 aromatic rings. The first-order valence-electron chi connectivity index (χ1n) is 15.5. The van der Waals surface area contributed by atoms with Gasteiger partial charge in [-0.25, -0.2) is 17.8 Å². The van der Waals surface area contributed by atoms with E-state index in [0.29, 0.717) is 30.8 Å². The quantitative estimate of drug-likeness (QED) is 0.228. The number of hydrogen-bond acceptors (Lipinski definition) is 11. The Morgan fingerprint density at radius 3 is 2.65 bits per heavy atom. The first kappa shape index (κ1) is 36.0. The minimum atomic E-state index is -5.26. The highest BCUT2D eigenvalue weighted by atomic mass is 32.2. The van der Waals surface area contributed by atoms with Crippen molar-refractivity contribution in [2.24, 2.45) is 11.3 Å². The van der Waals surface area contributed by atoms with Gasteiger partial charge in [-0.3, -0.25) is 4.52 Å². The summed E-state index contributed by atoms with van der Waals surface area (Å²) >= 11 is 0. The van der Waals surface area contributed by atoms with E-state index in [9.17, 15) is 32.8 Å². The molecule has 0 aliphatic carbocycles. The van der Waals surface area contributed by atoms with Crippen molar-refractivity contribution in [2.75, 3.05) is 33.1 Å². The van der Waals surface area contributed by atoms with Crippen LogP contribution in [0, 0.1) is 22.7 Å². The number of benzene rings is 2. The highest BCUT2D eigenvalue weighted by Crippen LogP contribution is 2.41. The molecule has 2 fully saturated rings. The van der Waals surface area contributed by atoms with Crippen LogP contribution in [0.15, 0.2) is 53.4 Å². The first-order valence-corrected chi connectivity index (χ1v) is 18.5. The van der Waals surface area contributed by atoms with Crippen LogP contribution in [0.5, 0.6) is 11.5 Å². The monoisotopic (exact) mass is 709 g/mol. The second-order valence-electron chi connectivity index (χ2n) is 12.7. The lowest BCUT2D eigenvalue weighted by Crippen LogP contribution is -2.53. The molecule has 0 radical (unpaired) electrons. The van der Waals surface area contributed by atoms with Gasteiger partial charge in [0, 0.05) is 25.6 Å². The van der Waals surface area contributed by atoms with Crippen LogP contribution in [-0.4, -0.2) is 86.2 Å². The van der Waals surface area contributed by atoms with Crippen molar-refractivity contribution in [2.45, 2.75) is 69.0 Å². The zero-order chi connectivity index (χ0) is 34.5. The van der Waals surface area contributed by atoms with Gasteiger partial charge in [0.05, 0.1) is 36.1 Å². The molecule has 0 spiro atoms. The van der Waals surface area contributed by atoms with Crippen molar-refractivity contribution < 1.29 is 55.8 Å². The summed E-state index contributed by atoms with van der Waals surface area (Å²) in [6.07, 6.45) is -2.44. The Bertz CT molecular complexity index is 1630. The number of ether oxygens (including phenoxy) is 5. The zero-order valence-electron chi connectivity index (χ0n) is 26.6. The van der Waals surface area contributed by atoms with Crippen LogP contribution in [0.1, 0.15) is 38.7 Å². The van der Waals surface area contributed by atoms with Crippen LogP contribution >= 0.6 is 7.82 Å². The molecule has 5 atom stereocenters. The van der Waals surface area contributed by atoms with Gasteiger partial charge < -0.3 is 38.8 Å². The summed E-state index contributed by atoms with van der Waals surface area (Å²) in [5.74, 6) is 0.426. The summed E-state index contributed by atoms with van der Waals surface area (Å²) in [6, 6.07) is 13.8. The smallest absolute Gasteiger partial charge is 0.454 e. The van der Waals surface area contributed by atoms with Gasteiger partial charge in [-0.15, -0.1) is 0 Å². The molecule has 0 saturated carbocycles. The van der Waals surface area contributed by atoms with E-state index in [4.69, 9.17) is 28.2 Å². The van der Waals surface area contributed by atoms with E-state index in [0.717, 1.165) is 4.31 Å². The molecule has 0 aromatic heterocycles. The summed E-state index contributed by atoms with van der Waals surface area (Å²) in [4.78, 5) is 33.3. The summed E-state index contributed by atoms with van der Waals surface area (Å²) in [5.41, 5.74) is -0.0785. The molecule has 3 aliphatic rings. The number of carbonyl (C=O) groups excluding carboxylic acids is 1. The normalized spacial score (nSPS) is 21.8. The Hall–Kier alpha value is -3.26. The molecule has 262 valence electrons. The fraction of sp³-hybridized carbons (Fsp3) is 0.548. The van der Waals surface area contributed by atoms with Gasteiger partial charge in [0.1, 0.15) is 12.2 Å². The molecule has 0 bridgehead atoms. The average Bonchev–Trinajstić information content (AvgIpc) is 3.77. The van der Waals surface area contributed by atoms with Crippen LogP contribution in [0.3, 0.4) is 0 Å². The van der Waals surface area contributed by atoms with Gasteiger partial charge in [-0.1, -0.05) is 44.2 Å². The molecule has 1 amide bonds. The Kier molecular flexibility index (Phi) is 11.3. The van der Waals surface area contributed by atoms with E-state index in [-0.39, 0.29) is 49.3 Å².